The third kappa shape index (κ3) is 5.37. The van der Waals surface area contributed by atoms with Crippen LogP contribution < -0.4 is 14.8 Å². The minimum absolute atomic E-state index is 0.374. The van der Waals surface area contributed by atoms with Crippen LogP contribution in [-0.4, -0.2) is 33.0 Å². The van der Waals surface area contributed by atoms with E-state index in [1.54, 1.807) is 0 Å². The topological polar surface area (TPSA) is 81.4 Å². The first-order valence-electron chi connectivity index (χ1n) is 13.3. The standard InChI is InChI=1S/C32H32N4O3/c1-36-28-20-25(32(37)16-18-33-19-17-32)12-13-26(28)30(35-36)27-14-15-29(38-21-23-8-4-2-5-9-23)34-31(27)39-22-24-10-6-3-7-11-24/h2-15,20,33,37H,16-19,21-22H2,1H3. The molecule has 0 amide bonds. The molecule has 3 heterocycles. The molecule has 2 aromatic heterocycles. The van der Waals surface area contributed by atoms with Gasteiger partial charge in [0.25, 0.3) is 0 Å². The predicted octanol–water partition coefficient (Wildman–Crippen LogP) is 5.36. The molecule has 1 aliphatic heterocycles. The second kappa shape index (κ2) is 10.9. The molecule has 1 aliphatic rings. The molecule has 5 aromatic rings. The number of aryl methyl sites for hydroxylation is 1. The van der Waals surface area contributed by atoms with Crippen molar-refractivity contribution in [1.82, 2.24) is 20.1 Å². The van der Waals surface area contributed by atoms with Gasteiger partial charge in [-0.15, -0.1) is 0 Å². The van der Waals surface area contributed by atoms with E-state index < -0.39 is 5.60 Å². The highest BCUT2D eigenvalue weighted by Gasteiger charge is 2.32. The van der Waals surface area contributed by atoms with Crippen LogP contribution in [0.25, 0.3) is 22.2 Å². The number of hydrogen-bond acceptors (Lipinski definition) is 6. The summed E-state index contributed by atoms with van der Waals surface area (Å²) in [5.41, 5.74) is 4.73. The van der Waals surface area contributed by atoms with Gasteiger partial charge in [0.05, 0.1) is 16.7 Å². The molecular formula is C32H32N4O3. The van der Waals surface area contributed by atoms with Gasteiger partial charge in [-0.1, -0.05) is 72.8 Å². The highest BCUT2D eigenvalue weighted by molar-refractivity contribution is 5.95. The predicted molar refractivity (Wildman–Crippen MR) is 151 cm³/mol. The number of aliphatic hydroxyl groups is 1. The fourth-order valence-corrected chi connectivity index (χ4v) is 5.13. The van der Waals surface area contributed by atoms with Crippen LogP contribution in [-0.2, 0) is 25.9 Å². The zero-order valence-electron chi connectivity index (χ0n) is 22.0. The van der Waals surface area contributed by atoms with Crippen LogP contribution >= 0.6 is 0 Å². The fourth-order valence-electron chi connectivity index (χ4n) is 5.13. The molecule has 1 fully saturated rings. The van der Waals surface area contributed by atoms with E-state index in [0.717, 1.165) is 51.9 Å². The number of nitrogens with zero attached hydrogens (tertiary/aromatic N) is 3. The number of hydrogen-bond donors (Lipinski definition) is 2. The highest BCUT2D eigenvalue weighted by atomic mass is 16.5. The quantitative estimate of drug-likeness (QED) is 0.287. The van der Waals surface area contributed by atoms with E-state index in [1.807, 2.05) is 96.7 Å². The molecule has 0 saturated carbocycles. The zero-order valence-corrected chi connectivity index (χ0v) is 22.0. The molecule has 0 atom stereocenters. The van der Waals surface area contributed by atoms with E-state index in [1.165, 1.54) is 0 Å². The molecule has 39 heavy (non-hydrogen) atoms. The molecular weight excluding hydrogens is 488 g/mol. The number of nitrogens with one attached hydrogen (secondary N) is 1. The fraction of sp³-hybridized carbons (Fsp3) is 0.250. The maximum absolute atomic E-state index is 11.3. The van der Waals surface area contributed by atoms with Crippen molar-refractivity contribution in [1.29, 1.82) is 0 Å². The Morgan fingerprint density at radius 1 is 0.846 bits per heavy atom. The number of benzene rings is 3. The third-order valence-corrected chi connectivity index (χ3v) is 7.36. The summed E-state index contributed by atoms with van der Waals surface area (Å²) < 4.78 is 14.1. The maximum Gasteiger partial charge on any atom is 0.226 e. The Labute approximate surface area is 228 Å². The van der Waals surface area contributed by atoms with Crippen molar-refractivity contribution in [2.24, 2.45) is 7.05 Å². The van der Waals surface area contributed by atoms with Gasteiger partial charge in [-0.3, -0.25) is 4.68 Å². The van der Waals surface area contributed by atoms with Crippen LogP contribution in [0.15, 0.2) is 91.0 Å². The van der Waals surface area contributed by atoms with Crippen molar-refractivity contribution in [3.63, 3.8) is 0 Å². The molecule has 0 radical (unpaired) electrons. The summed E-state index contributed by atoms with van der Waals surface area (Å²) in [6.07, 6.45) is 1.38. The number of aromatic nitrogens is 3. The van der Waals surface area contributed by atoms with Gasteiger partial charge in [0, 0.05) is 18.5 Å². The number of rotatable bonds is 8. The molecule has 0 unspecified atom stereocenters. The Kier molecular flexibility index (Phi) is 7.00. The first kappa shape index (κ1) is 25.1. The Balaban J connectivity index is 1.35. The highest BCUT2D eigenvalue weighted by Crippen LogP contribution is 2.38. The van der Waals surface area contributed by atoms with Crippen LogP contribution in [0.3, 0.4) is 0 Å². The maximum atomic E-state index is 11.3. The van der Waals surface area contributed by atoms with Crippen LogP contribution in [0.4, 0.5) is 0 Å². The zero-order chi connectivity index (χ0) is 26.7. The van der Waals surface area contributed by atoms with Crippen molar-refractivity contribution in [2.45, 2.75) is 31.7 Å². The number of fused-ring (bicyclic) bond motifs is 1. The Bertz CT molecular complexity index is 1560. The first-order chi connectivity index (χ1) is 19.1. The van der Waals surface area contributed by atoms with Crippen molar-refractivity contribution in [2.75, 3.05) is 13.1 Å². The summed E-state index contributed by atoms with van der Waals surface area (Å²) in [7, 11) is 1.93. The van der Waals surface area contributed by atoms with Gasteiger partial charge in [0.2, 0.25) is 11.8 Å². The minimum atomic E-state index is -0.826. The number of pyridine rings is 1. The van der Waals surface area contributed by atoms with Crippen molar-refractivity contribution < 1.29 is 14.6 Å². The van der Waals surface area contributed by atoms with Crippen LogP contribution in [0.5, 0.6) is 11.8 Å². The average molecular weight is 521 g/mol. The molecule has 198 valence electrons. The first-order valence-corrected chi connectivity index (χ1v) is 13.3. The molecule has 2 N–H and O–H groups in total. The van der Waals surface area contributed by atoms with Gasteiger partial charge in [-0.05, 0) is 54.8 Å². The molecule has 7 nitrogen and oxygen atoms in total. The lowest BCUT2D eigenvalue weighted by Crippen LogP contribution is -2.39. The molecule has 7 heteroatoms. The van der Waals surface area contributed by atoms with E-state index in [4.69, 9.17) is 19.6 Å². The largest absolute Gasteiger partial charge is 0.473 e. The summed E-state index contributed by atoms with van der Waals surface area (Å²) >= 11 is 0. The van der Waals surface area contributed by atoms with Crippen molar-refractivity contribution in [3.8, 4) is 23.0 Å². The summed E-state index contributed by atoms with van der Waals surface area (Å²) in [5.74, 6) is 0.951. The number of piperidine rings is 1. The van der Waals surface area contributed by atoms with E-state index in [0.29, 0.717) is 37.8 Å². The molecule has 0 spiro atoms. The van der Waals surface area contributed by atoms with Gasteiger partial charge in [-0.25, -0.2) is 0 Å². The molecule has 1 saturated heterocycles. The minimum Gasteiger partial charge on any atom is -0.473 e. The molecule has 0 bridgehead atoms. The lowest BCUT2D eigenvalue weighted by atomic mass is 9.84. The summed E-state index contributed by atoms with van der Waals surface area (Å²) in [4.78, 5) is 4.76. The van der Waals surface area contributed by atoms with Gasteiger partial charge < -0.3 is 19.9 Å². The lowest BCUT2D eigenvalue weighted by Gasteiger charge is -2.33. The summed E-state index contributed by atoms with van der Waals surface area (Å²) in [6, 6.07) is 30.0. The smallest absolute Gasteiger partial charge is 0.226 e. The summed E-state index contributed by atoms with van der Waals surface area (Å²) in [6.45, 7) is 2.40. The van der Waals surface area contributed by atoms with E-state index in [2.05, 4.69) is 11.4 Å². The SMILES string of the molecule is Cn1nc(-c2ccc(OCc3ccccc3)nc2OCc2ccccc2)c2ccc(C3(O)CCNCC3)cc21. The van der Waals surface area contributed by atoms with Crippen molar-refractivity contribution >= 4 is 10.9 Å². The second-order valence-electron chi connectivity index (χ2n) is 10.0. The Morgan fingerprint density at radius 3 is 2.21 bits per heavy atom. The van der Waals surface area contributed by atoms with Gasteiger partial charge in [0.15, 0.2) is 0 Å². The Morgan fingerprint density at radius 2 is 1.51 bits per heavy atom. The van der Waals surface area contributed by atoms with Gasteiger partial charge in [-0.2, -0.15) is 10.1 Å². The van der Waals surface area contributed by atoms with Gasteiger partial charge >= 0.3 is 0 Å². The van der Waals surface area contributed by atoms with Gasteiger partial charge in [0.1, 0.15) is 18.9 Å². The monoisotopic (exact) mass is 520 g/mol. The van der Waals surface area contributed by atoms with E-state index in [-0.39, 0.29) is 0 Å². The molecule has 0 aliphatic carbocycles. The van der Waals surface area contributed by atoms with Crippen LogP contribution in [0.1, 0.15) is 29.5 Å². The second-order valence-corrected chi connectivity index (χ2v) is 10.0. The average Bonchev–Trinajstić information content (AvgIpc) is 3.32. The number of ether oxygens (including phenoxy) is 2. The van der Waals surface area contributed by atoms with E-state index >= 15 is 0 Å². The lowest BCUT2D eigenvalue weighted by molar-refractivity contribution is 0.00604. The summed E-state index contributed by atoms with van der Waals surface area (Å²) in [5, 5.41) is 20.5. The van der Waals surface area contributed by atoms with Crippen LogP contribution in [0.2, 0.25) is 0 Å². The Hall–Kier alpha value is -4.20. The molecule has 6 rings (SSSR count). The third-order valence-electron chi connectivity index (χ3n) is 7.36. The normalized spacial score (nSPS) is 14.8. The molecule has 3 aromatic carbocycles. The van der Waals surface area contributed by atoms with E-state index in [9.17, 15) is 5.11 Å². The van der Waals surface area contributed by atoms with Crippen molar-refractivity contribution in [3.05, 3.63) is 108 Å². The van der Waals surface area contributed by atoms with Crippen LogP contribution in [0, 0.1) is 0 Å².